The molecule has 0 atom stereocenters. The van der Waals surface area contributed by atoms with Crippen LogP contribution in [0.1, 0.15) is 6.42 Å². The molecule has 15 heavy (non-hydrogen) atoms. The Morgan fingerprint density at radius 2 is 2.27 bits per heavy atom. The van der Waals surface area contributed by atoms with Gasteiger partial charge in [0.2, 0.25) is 4.46 Å². The molecule has 4 nitrogen and oxygen atoms in total. The highest BCUT2D eigenvalue weighted by Crippen LogP contribution is 2.29. The van der Waals surface area contributed by atoms with Gasteiger partial charge in [-0.05, 0) is 6.08 Å². The molecule has 6 heteroatoms. The Morgan fingerprint density at radius 1 is 1.53 bits per heavy atom. The Morgan fingerprint density at radius 3 is 2.87 bits per heavy atom. The van der Waals surface area contributed by atoms with Crippen LogP contribution in [-0.2, 0) is 14.3 Å². The van der Waals surface area contributed by atoms with Gasteiger partial charge in [0.1, 0.15) is 6.29 Å². The van der Waals surface area contributed by atoms with E-state index in [1.165, 1.54) is 12.3 Å². The van der Waals surface area contributed by atoms with Crippen LogP contribution in [0.4, 0.5) is 0 Å². The molecule has 0 amide bonds. The van der Waals surface area contributed by atoms with Crippen molar-refractivity contribution in [3.63, 3.8) is 0 Å². The number of carbonyl (C=O) groups excluding carboxylic acids is 2. The summed E-state index contributed by atoms with van der Waals surface area (Å²) in [7, 11) is 0. The number of allylic oxidation sites excluding steroid dienone is 1. The first-order chi connectivity index (χ1) is 7.06. The fourth-order valence-electron chi connectivity index (χ4n) is 1.11. The Hall–Kier alpha value is -0.580. The maximum Gasteiger partial charge on any atom is 0.213 e. The Balaban J connectivity index is 2.55. The van der Waals surface area contributed by atoms with Crippen LogP contribution in [-0.4, -0.2) is 41.2 Å². The number of nitrogens with zero attached hydrogens (tertiary/aromatic N) is 1. The maximum atomic E-state index is 11.0. The van der Waals surface area contributed by atoms with Gasteiger partial charge in [-0.1, -0.05) is 23.2 Å². The summed E-state index contributed by atoms with van der Waals surface area (Å²) in [6, 6.07) is 0. The van der Waals surface area contributed by atoms with Gasteiger partial charge >= 0.3 is 0 Å². The number of morpholine rings is 1. The van der Waals surface area contributed by atoms with Crippen LogP contribution >= 0.6 is 23.2 Å². The summed E-state index contributed by atoms with van der Waals surface area (Å²) in [5.41, 5.74) is 0. The molecule has 0 unspecified atom stereocenters. The van der Waals surface area contributed by atoms with E-state index in [-0.39, 0.29) is 18.8 Å². The van der Waals surface area contributed by atoms with Gasteiger partial charge in [0.05, 0.1) is 19.6 Å². The summed E-state index contributed by atoms with van der Waals surface area (Å²) in [6.07, 6.45) is 3.21. The fourth-order valence-corrected chi connectivity index (χ4v) is 1.55. The molecule has 0 aliphatic carbocycles. The standard InChI is InChI=1S/C9H11Cl2NO3/c10-9(11)7-15-6-4-12(9)3-1-8(14)2-5-13/h1,3,5H,2,4,6-7H2. The molecule has 0 radical (unpaired) electrons. The minimum Gasteiger partial charge on any atom is -0.374 e. The SMILES string of the molecule is O=CCC(=O)C=CN1CCOCC1(Cl)Cl. The van der Waals surface area contributed by atoms with E-state index in [0.29, 0.717) is 19.4 Å². The summed E-state index contributed by atoms with van der Waals surface area (Å²) in [5.74, 6) is -0.277. The quantitative estimate of drug-likeness (QED) is 0.247. The van der Waals surface area contributed by atoms with Crippen LogP contribution in [0.15, 0.2) is 12.3 Å². The van der Waals surface area contributed by atoms with Crippen molar-refractivity contribution in [1.82, 2.24) is 4.90 Å². The number of aldehydes is 1. The summed E-state index contributed by atoms with van der Waals surface area (Å²) in [6.45, 7) is 1.20. The summed E-state index contributed by atoms with van der Waals surface area (Å²) >= 11 is 11.9. The second-order valence-electron chi connectivity index (χ2n) is 3.06. The number of ketones is 1. The van der Waals surface area contributed by atoms with Crippen molar-refractivity contribution >= 4 is 35.3 Å². The molecule has 0 spiro atoms. The van der Waals surface area contributed by atoms with E-state index in [1.54, 1.807) is 4.90 Å². The van der Waals surface area contributed by atoms with Crippen LogP contribution < -0.4 is 0 Å². The number of halogens is 2. The number of carbonyl (C=O) groups is 2. The van der Waals surface area contributed by atoms with Crippen molar-refractivity contribution < 1.29 is 14.3 Å². The molecule has 1 fully saturated rings. The van der Waals surface area contributed by atoms with Gasteiger partial charge in [-0.25, -0.2) is 0 Å². The second-order valence-corrected chi connectivity index (χ2v) is 4.51. The van der Waals surface area contributed by atoms with Crippen molar-refractivity contribution in [2.24, 2.45) is 0 Å². The van der Waals surface area contributed by atoms with Crippen LogP contribution in [0.25, 0.3) is 0 Å². The predicted octanol–water partition coefficient (Wildman–Crippen LogP) is 1.12. The molecule has 0 saturated carbocycles. The highest BCUT2D eigenvalue weighted by molar-refractivity contribution is 6.48. The van der Waals surface area contributed by atoms with E-state index in [2.05, 4.69) is 0 Å². The Labute approximate surface area is 97.8 Å². The molecule has 1 saturated heterocycles. The molecule has 0 aromatic heterocycles. The first-order valence-electron chi connectivity index (χ1n) is 4.43. The van der Waals surface area contributed by atoms with E-state index in [1.807, 2.05) is 0 Å². The summed E-state index contributed by atoms with van der Waals surface area (Å²) < 4.78 is 3.95. The van der Waals surface area contributed by atoms with Gasteiger partial charge in [0, 0.05) is 12.7 Å². The maximum absolute atomic E-state index is 11.0. The summed E-state index contributed by atoms with van der Waals surface area (Å²) in [5, 5.41) is 0. The molecule has 1 rings (SSSR count). The third-order valence-electron chi connectivity index (χ3n) is 1.90. The van der Waals surface area contributed by atoms with Crippen molar-refractivity contribution in [3.8, 4) is 0 Å². The van der Waals surface area contributed by atoms with Gasteiger partial charge in [-0.15, -0.1) is 0 Å². The lowest BCUT2D eigenvalue weighted by molar-refractivity contribution is -0.118. The summed E-state index contributed by atoms with van der Waals surface area (Å²) in [4.78, 5) is 22.7. The smallest absolute Gasteiger partial charge is 0.213 e. The largest absolute Gasteiger partial charge is 0.374 e. The van der Waals surface area contributed by atoms with E-state index in [4.69, 9.17) is 27.9 Å². The molecular weight excluding hydrogens is 241 g/mol. The second kappa shape index (κ2) is 5.49. The Bertz CT molecular complexity index is 279. The van der Waals surface area contributed by atoms with Crippen molar-refractivity contribution in [3.05, 3.63) is 12.3 Å². The average Bonchev–Trinajstić information content (AvgIpc) is 2.16. The van der Waals surface area contributed by atoms with Crippen molar-refractivity contribution in [2.75, 3.05) is 19.8 Å². The normalized spacial score (nSPS) is 20.5. The van der Waals surface area contributed by atoms with Gasteiger partial charge in [0.25, 0.3) is 0 Å². The van der Waals surface area contributed by atoms with Crippen LogP contribution in [0.5, 0.6) is 0 Å². The third kappa shape index (κ3) is 3.81. The van der Waals surface area contributed by atoms with Crippen molar-refractivity contribution in [1.29, 1.82) is 0 Å². The van der Waals surface area contributed by atoms with E-state index in [9.17, 15) is 9.59 Å². The highest BCUT2D eigenvalue weighted by atomic mass is 35.5. The third-order valence-corrected chi connectivity index (χ3v) is 2.55. The zero-order valence-corrected chi connectivity index (χ0v) is 9.50. The zero-order valence-electron chi connectivity index (χ0n) is 7.99. The Kier molecular flexibility index (Phi) is 4.57. The molecule has 1 heterocycles. The van der Waals surface area contributed by atoms with Gasteiger partial charge < -0.3 is 14.4 Å². The molecule has 84 valence electrons. The lowest BCUT2D eigenvalue weighted by Gasteiger charge is -2.37. The minimum atomic E-state index is -1.14. The molecular formula is C9H11Cl2NO3. The number of ether oxygens (including phenoxy) is 1. The van der Waals surface area contributed by atoms with Crippen LogP contribution in [0.3, 0.4) is 0 Å². The monoisotopic (exact) mass is 251 g/mol. The van der Waals surface area contributed by atoms with Gasteiger partial charge in [-0.3, -0.25) is 4.79 Å². The molecule has 0 aromatic rings. The number of hydrogen-bond donors (Lipinski definition) is 0. The molecule has 0 bridgehead atoms. The van der Waals surface area contributed by atoms with Crippen LogP contribution in [0, 0.1) is 0 Å². The first-order valence-corrected chi connectivity index (χ1v) is 5.19. The lowest BCUT2D eigenvalue weighted by atomic mass is 10.3. The van der Waals surface area contributed by atoms with E-state index < -0.39 is 4.46 Å². The number of hydrogen-bond acceptors (Lipinski definition) is 4. The first kappa shape index (κ1) is 12.5. The lowest BCUT2D eigenvalue weighted by Crippen LogP contribution is -2.46. The number of alkyl halides is 2. The predicted molar refractivity (Wildman–Crippen MR) is 56.8 cm³/mol. The van der Waals surface area contributed by atoms with E-state index >= 15 is 0 Å². The van der Waals surface area contributed by atoms with E-state index in [0.717, 1.165) is 0 Å². The minimum absolute atomic E-state index is 0.127. The van der Waals surface area contributed by atoms with Gasteiger partial charge in [0.15, 0.2) is 5.78 Å². The van der Waals surface area contributed by atoms with Crippen molar-refractivity contribution in [2.45, 2.75) is 10.9 Å². The number of rotatable bonds is 4. The molecule has 1 aliphatic heterocycles. The molecule has 0 aromatic carbocycles. The molecule has 0 N–H and O–H groups in total. The van der Waals surface area contributed by atoms with Crippen LogP contribution in [0.2, 0.25) is 0 Å². The topological polar surface area (TPSA) is 46.6 Å². The fraction of sp³-hybridized carbons (Fsp3) is 0.556. The zero-order chi connectivity index (χ0) is 11.3. The molecule has 1 aliphatic rings. The van der Waals surface area contributed by atoms with Gasteiger partial charge in [-0.2, -0.15) is 0 Å². The average molecular weight is 252 g/mol. The highest BCUT2D eigenvalue weighted by Gasteiger charge is 2.33.